The van der Waals surface area contributed by atoms with Gasteiger partial charge in [0.05, 0.1) is 34.9 Å². The largest absolute Gasteiger partial charge is 0.493 e. The molecule has 4 aliphatic rings. The number of hydrogen-bond acceptors (Lipinski definition) is 8. The van der Waals surface area contributed by atoms with Crippen molar-refractivity contribution in [2.24, 2.45) is 0 Å². The van der Waals surface area contributed by atoms with Crippen molar-refractivity contribution in [2.45, 2.75) is 37.8 Å². The van der Waals surface area contributed by atoms with Crippen LogP contribution in [-0.4, -0.2) is 81.6 Å². The summed E-state index contributed by atoms with van der Waals surface area (Å²) in [6.07, 6.45) is 2.71. The number of aliphatic carboxylic acids is 1. The number of halogens is 1. The molecule has 4 aromatic carbocycles. The SMILES string of the molecule is COc1ccc2cc1Oc1ccc(cc1)CC1c3cc(c(OC)cc3CC[N+]1(C)CC(=O)O)Oc1c(OCCl)c(OC)cc3c1C(C2)N(C)CC3. The van der Waals surface area contributed by atoms with Gasteiger partial charge in [0.25, 0.3) is 0 Å². The number of hydrogen-bond donors (Lipinski definition) is 1. The maximum Gasteiger partial charge on any atom is 0.359 e. The van der Waals surface area contributed by atoms with Crippen LogP contribution in [-0.2, 0) is 30.5 Å². The van der Waals surface area contributed by atoms with Crippen molar-refractivity contribution in [3.05, 3.63) is 94.0 Å². The fourth-order valence-electron chi connectivity index (χ4n) is 8.01. The molecule has 0 aromatic heterocycles. The van der Waals surface area contributed by atoms with E-state index in [9.17, 15) is 9.90 Å². The Kier molecular flexibility index (Phi) is 9.67. The van der Waals surface area contributed by atoms with Gasteiger partial charge in [-0.1, -0.05) is 29.8 Å². The number of carbonyl (C=O) groups is 1. The second-order valence-electron chi connectivity index (χ2n) is 13.8. The van der Waals surface area contributed by atoms with Crippen LogP contribution in [0.4, 0.5) is 0 Å². The van der Waals surface area contributed by atoms with Crippen molar-refractivity contribution >= 4 is 17.6 Å². The van der Waals surface area contributed by atoms with Gasteiger partial charge in [-0.3, -0.25) is 4.90 Å². The summed E-state index contributed by atoms with van der Waals surface area (Å²) < 4.78 is 37.5. The Hall–Kier alpha value is -4.64. The summed E-state index contributed by atoms with van der Waals surface area (Å²) in [5.41, 5.74) is 6.30. The van der Waals surface area contributed by atoms with E-state index in [4.69, 9.17) is 40.0 Å². The van der Waals surface area contributed by atoms with Gasteiger partial charge < -0.3 is 38.0 Å². The zero-order chi connectivity index (χ0) is 35.9. The first-order chi connectivity index (χ1) is 24.6. The minimum Gasteiger partial charge on any atom is -0.493 e. The minimum atomic E-state index is -0.841. The summed E-state index contributed by atoms with van der Waals surface area (Å²) in [6, 6.07) is 19.7. The number of carboxylic acids is 1. The van der Waals surface area contributed by atoms with Gasteiger partial charge in [0.2, 0.25) is 5.75 Å². The first-order valence-electron chi connectivity index (χ1n) is 17.2. The van der Waals surface area contributed by atoms with Crippen LogP contribution in [0.5, 0.6) is 46.0 Å². The first kappa shape index (κ1) is 34.8. The lowest BCUT2D eigenvalue weighted by Gasteiger charge is -2.45. The average molecular weight is 716 g/mol. The highest BCUT2D eigenvalue weighted by Crippen LogP contribution is 2.52. The van der Waals surface area contributed by atoms with Crippen molar-refractivity contribution in [1.29, 1.82) is 0 Å². The Morgan fingerprint density at radius 2 is 1.59 bits per heavy atom. The summed E-state index contributed by atoms with van der Waals surface area (Å²) in [6.45, 7) is 1.47. The van der Waals surface area contributed by atoms with Gasteiger partial charge in [-0.15, -0.1) is 0 Å². The van der Waals surface area contributed by atoms with Gasteiger partial charge in [0.1, 0.15) is 11.8 Å². The van der Waals surface area contributed by atoms with E-state index >= 15 is 0 Å². The molecule has 1 N–H and O–H groups in total. The number of methoxy groups -OCH3 is 3. The van der Waals surface area contributed by atoms with Gasteiger partial charge in [-0.2, -0.15) is 0 Å². The molecule has 0 amide bonds. The van der Waals surface area contributed by atoms with Gasteiger partial charge in [0, 0.05) is 36.6 Å². The molecule has 3 unspecified atom stereocenters. The molecule has 0 fully saturated rings. The van der Waals surface area contributed by atoms with Crippen LogP contribution in [0.1, 0.15) is 45.5 Å². The van der Waals surface area contributed by atoms with E-state index in [1.54, 1.807) is 21.3 Å². The predicted octanol–water partition coefficient (Wildman–Crippen LogP) is 7.33. The monoisotopic (exact) mass is 715 g/mol. The molecule has 0 saturated carbocycles. The second kappa shape index (κ2) is 14.2. The molecular formula is C40H44ClN2O8+. The van der Waals surface area contributed by atoms with Gasteiger partial charge in [0.15, 0.2) is 47.1 Å². The molecule has 0 radical (unpaired) electrons. The maximum atomic E-state index is 12.3. The third-order valence-electron chi connectivity index (χ3n) is 10.7. The highest BCUT2D eigenvalue weighted by Gasteiger charge is 2.42. The Morgan fingerprint density at radius 3 is 2.29 bits per heavy atom. The second-order valence-corrected chi connectivity index (χ2v) is 14.0. The highest BCUT2D eigenvalue weighted by molar-refractivity contribution is 6.17. The molecule has 11 heteroatoms. The molecule has 51 heavy (non-hydrogen) atoms. The van der Waals surface area contributed by atoms with E-state index in [0.29, 0.717) is 76.3 Å². The topological polar surface area (TPSA) is 95.9 Å². The third kappa shape index (κ3) is 6.64. The minimum absolute atomic E-state index is 0.0191. The maximum absolute atomic E-state index is 12.3. The lowest BCUT2D eigenvalue weighted by molar-refractivity contribution is -0.934. The Morgan fingerprint density at radius 1 is 0.882 bits per heavy atom. The molecule has 0 saturated heterocycles. The first-order valence-corrected chi connectivity index (χ1v) is 17.7. The van der Waals surface area contributed by atoms with Gasteiger partial charge in [-0.05, 0) is 84.6 Å². The molecule has 4 aliphatic heterocycles. The number of fused-ring (bicyclic) bond motifs is 2. The molecule has 3 atom stereocenters. The number of carboxylic acid groups (broad SMARTS) is 1. The molecule has 0 aliphatic carbocycles. The standard InChI is InChI=1S/C40H43ClN2O8/c1-42-14-12-27-20-36(48-5)39(49-23-41)40-38(27)30(42)16-25-8-11-32(46-3)34(18-25)50-28-9-6-24(7-10-28)17-31-29-21-35(51-40)33(47-4)19-26(29)13-15-43(31,2)22-37(44)45/h6-11,18-21,30-31H,12-17,22-23H2,1-5H3/p+1. The van der Waals surface area contributed by atoms with Crippen LogP contribution in [0, 0.1) is 0 Å². The van der Waals surface area contributed by atoms with Crippen LogP contribution < -0.4 is 28.4 Å². The number of alkyl halides is 1. The zero-order valence-corrected chi connectivity index (χ0v) is 30.4. The van der Waals surface area contributed by atoms with Gasteiger partial charge in [-0.25, -0.2) is 4.79 Å². The van der Waals surface area contributed by atoms with Crippen molar-refractivity contribution < 1.29 is 42.8 Å². The summed E-state index contributed by atoms with van der Waals surface area (Å²) in [4.78, 5) is 14.6. The van der Waals surface area contributed by atoms with Crippen LogP contribution in [0.3, 0.4) is 0 Å². The van der Waals surface area contributed by atoms with E-state index in [-0.39, 0.29) is 24.7 Å². The van der Waals surface area contributed by atoms with Crippen molar-refractivity contribution in [3.63, 3.8) is 0 Å². The molecule has 0 spiro atoms. The lowest BCUT2D eigenvalue weighted by atomic mass is 9.86. The normalized spacial score (nSPS) is 20.9. The van der Waals surface area contributed by atoms with Crippen molar-refractivity contribution in [2.75, 3.05) is 61.1 Å². The summed E-state index contributed by atoms with van der Waals surface area (Å²) in [5.74, 6) is 3.60. The van der Waals surface area contributed by atoms with Crippen LogP contribution in [0.15, 0.2) is 60.7 Å². The third-order valence-corrected chi connectivity index (χ3v) is 10.8. The average Bonchev–Trinajstić information content (AvgIpc) is 3.11. The number of rotatable bonds is 7. The molecule has 4 aromatic rings. The molecule has 6 bridgehead atoms. The van der Waals surface area contributed by atoms with Crippen molar-refractivity contribution in [3.8, 4) is 46.0 Å². The molecule has 8 rings (SSSR count). The van der Waals surface area contributed by atoms with E-state index in [1.165, 1.54) is 0 Å². The molecular weight excluding hydrogens is 672 g/mol. The zero-order valence-electron chi connectivity index (χ0n) is 29.7. The number of benzene rings is 4. The molecule has 10 nitrogen and oxygen atoms in total. The van der Waals surface area contributed by atoms with Crippen LogP contribution in [0.25, 0.3) is 0 Å². The smallest absolute Gasteiger partial charge is 0.359 e. The van der Waals surface area contributed by atoms with Crippen molar-refractivity contribution in [1.82, 2.24) is 4.90 Å². The lowest BCUT2D eigenvalue weighted by Crippen LogP contribution is -2.54. The highest BCUT2D eigenvalue weighted by atomic mass is 35.5. The van der Waals surface area contributed by atoms with E-state index in [0.717, 1.165) is 46.3 Å². The Balaban J connectivity index is 1.49. The number of ether oxygens (including phenoxy) is 6. The fourth-order valence-corrected chi connectivity index (χ4v) is 8.12. The van der Waals surface area contributed by atoms with E-state index in [1.807, 2.05) is 61.6 Å². The fraction of sp³-hybridized carbons (Fsp3) is 0.375. The summed E-state index contributed by atoms with van der Waals surface area (Å²) in [5, 5.41) is 10.1. The van der Waals surface area contributed by atoms with Crippen LogP contribution >= 0.6 is 11.6 Å². The van der Waals surface area contributed by atoms with Gasteiger partial charge >= 0.3 is 5.97 Å². The Labute approximate surface area is 303 Å². The van der Waals surface area contributed by atoms with E-state index < -0.39 is 5.97 Å². The number of nitrogens with zero attached hydrogens (tertiary/aromatic N) is 2. The number of likely N-dealkylation sites (N-methyl/N-ethyl adjacent to an activating group) is 2. The number of quaternary nitrogens is 1. The summed E-state index contributed by atoms with van der Waals surface area (Å²) >= 11 is 6.25. The summed E-state index contributed by atoms with van der Waals surface area (Å²) in [7, 11) is 9.03. The van der Waals surface area contributed by atoms with E-state index in [2.05, 4.69) is 18.0 Å². The predicted molar refractivity (Wildman–Crippen MR) is 193 cm³/mol. The quantitative estimate of drug-likeness (QED) is 0.156. The molecule has 4 heterocycles. The Bertz CT molecular complexity index is 1950. The molecule has 268 valence electrons. The van der Waals surface area contributed by atoms with Crippen LogP contribution in [0.2, 0.25) is 0 Å².